The van der Waals surface area contributed by atoms with Crippen LogP contribution in [-0.2, 0) is 27.3 Å². The molecule has 6 heteroatoms. The van der Waals surface area contributed by atoms with Crippen molar-refractivity contribution in [2.75, 3.05) is 18.6 Å². The second kappa shape index (κ2) is 7.46. The predicted octanol–water partition coefficient (Wildman–Crippen LogP) is 3.29. The Morgan fingerprint density at radius 2 is 1.93 bits per heavy atom. The number of fused-ring (bicyclic) bond motifs is 1. The van der Waals surface area contributed by atoms with Crippen LogP contribution < -0.4 is 4.90 Å². The maximum Gasteiger partial charge on any atom is 0.325 e. The number of carbonyl (C=O) groups is 2. The van der Waals surface area contributed by atoms with E-state index in [0.29, 0.717) is 13.0 Å². The molecular weight excluding hydrogens is 354 g/mol. The summed E-state index contributed by atoms with van der Waals surface area (Å²) in [6.45, 7) is 2.73. The van der Waals surface area contributed by atoms with E-state index in [-0.39, 0.29) is 24.3 Å². The Bertz CT molecular complexity index is 1040. The van der Waals surface area contributed by atoms with E-state index in [4.69, 9.17) is 9.72 Å². The third kappa shape index (κ3) is 3.15. The summed E-state index contributed by atoms with van der Waals surface area (Å²) in [7, 11) is 1.38. The number of nitrogens with zero attached hydrogens (tertiary/aromatic N) is 3. The van der Waals surface area contributed by atoms with Gasteiger partial charge < -0.3 is 14.2 Å². The first-order chi connectivity index (χ1) is 13.6. The van der Waals surface area contributed by atoms with Crippen LogP contribution in [0.1, 0.15) is 30.7 Å². The summed E-state index contributed by atoms with van der Waals surface area (Å²) < 4.78 is 6.75. The molecule has 1 aromatic heterocycles. The van der Waals surface area contributed by atoms with Gasteiger partial charge in [-0.05, 0) is 30.2 Å². The number of hydrogen-bond donors (Lipinski definition) is 0. The van der Waals surface area contributed by atoms with E-state index in [9.17, 15) is 9.59 Å². The zero-order chi connectivity index (χ0) is 19.7. The van der Waals surface area contributed by atoms with Crippen LogP contribution in [0.15, 0.2) is 48.5 Å². The lowest BCUT2D eigenvalue weighted by molar-refractivity contribution is -0.141. The maximum atomic E-state index is 12.8. The minimum Gasteiger partial charge on any atom is -0.468 e. The number of aryl methyl sites for hydroxylation is 1. The summed E-state index contributed by atoms with van der Waals surface area (Å²) >= 11 is 0. The summed E-state index contributed by atoms with van der Waals surface area (Å²) in [5, 5.41) is 0. The Balaban J connectivity index is 1.72. The van der Waals surface area contributed by atoms with Crippen LogP contribution in [-0.4, -0.2) is 35.1 Å². The Hall–Kier alpha value is -3.15. The number of rotatable bonds is 5. The standard InChI is InChI=1S/C22H23N3O3/c1-3-15-8-4-6-10-18(15)24-13-16(12-20(24)26)22-23-17-9-5-7-11-19(17)25(22)14-21(27)28-2/h4-11,16H,3,12-14H2,1-2H3. The van der Waals surface area contributed by atoms with Crippen molar-refractivity contribution in [2.24, 2.45) is 0 Å². The van der Waals surface area contributed by atoms with Crippen molar-refractivity contribution in [1.82, 2.24) is 9.55 Å². The molecular formula is C22H23N3O3. The molecule has 1 unspecified atom stereocenters. The van der Waals surface area contributed by atoms with Gasteiger partial charge in [-0.1, -0.05) is 37.3 Å². The lowest BCUT2D eigenvalue weighted by Crippen LogP contribution is -2.25. The van der Waals surface area contributed by atoms with Gasteiger partial charge in [-0.2, -0.15) is 0 Å². The SMILES string of the molecule is CCc1ccccc1N1CC(c2nc3ccccc3n2CC(=O)OC)CC1=O. The molecule has 1 atom stereocenters. The number of aromatic nitrogens is 2. The number of amides is 1. The molecule has 0 bridgehead atoms. The predicted molar refractivity (Wildman–Crippen MR) is 107 cm³/mol. The fraction of sp³-hybridized carbons (Fsp3) is 0.318. The minimum atomic E-state index is -0.332. The highest BCUT2D eigenvalue weighted by Crippen LogP contribution is 2.34. The largest absolute Gasteiger partial charge is 0.468 e. The third-order valence-electron chi connectivity index (χ3n) is 5.35. The summed E-state index contributed by atoms with van der Waals surface area (Å²) in [6, 6.07) is 15.7. The highest BCUT2D eigenvalue weighted by molar-refractivity contribution is 5.97. The van der Waals surface area contributed by atoms with Crippen LogP contribution in [0.25, 0.3) is 11.0 Å². The van der Waals surface area contributed by atoms with Crippen molar-refractivity contribution < 1.29 is 14.3 Å². The molecule has 1 amide bonds. The topological polar surface area (TPSA) is 64.4 Å². The Kier molecular flexibility index (Phi) is 4.86. The number of hydrogen-bond acceptors (Lipinski definition) is 4. The number of methoxy groups -OCH3 is 1. The van der Waals surface area contributed by atoms with Crippen LogP contribution >= 0.6 is 0 Å². The first-order valence-electron chi connectivity index (χ1n) is 9.52. The van der Waals surface area contributed by atoms with Gasteiger partial charge >= 0.3 is 5.97 Å². The highest BCUT2D eigenvalue weighted by atomic mass is 16.5. The highest BCUT2D eigenvalue weighted by Gasteiger charge is 2.35. The summed E-state index contributed by atoms with van der Waals surface area (Å²) in [5.74, 6) is 0.440. The second-order valence-corrected chi connectivity index (χ2v) is 7.01. The van der Waals surface area contributed by atoms with Crippen molar-refractivity contribution in [1.29, 1.82) is 0 Å². The maximum absolute atomic E-state index is 12.8. The zero-order valence-corrected chi connectivity index (χ0v) is 16.1. The number of esters is 1. The van der Waals surface area contributed by atoms with Gasteiger partial charge in [0, 0.05) is 24.6 Å². The van der Waals surface area contributed by atoms with E-state index in [0.717, 1.165) is 34.5 Å². The number of benzene rings is 2. The Morgan fingerprint density at radius 3 is 2.71 bits per heavy atom. The van der Waals surface area contributed by atoms with Crippen LogP contribution in [0.4, 0.5) is 5.69 Å². The molecule has 3 aromatic rings. The molecule has 6 nitrogen and oxygen atoms in total. The molecule has 1 fully saturated rings. The van der Waals surface area contributed by atoms with Crippen molar-refractivity contribution >= 4 is 28.6 Å². The van der Waals surface area contributed by atoms with Crippen molar-refractivity contribution in [3.05, 3.63) is 59.9 Å². The van der Waals surface area contributed by atoms with Crippen LogP contribution in [0, 0.1) is 0 Å². The molecule has 0 spiro atoms. The van der Waals surface area contributed by atoms with E-state index < -0.39 is 0 Å². The number of imidazole rings is 1. The third-order valence-corrected chi connectivity index (χ3v) is 5.35. The summed E-state index contributed by atoms with van der Waals surface area (Å²) in [4.78, 5) is 31.4. The van der Waals surface area contributed by atoms with Gasteiger partial charge in [-0.3, -0.25) is 9.59 Å². The molecule has 1 aliphatic heterocycles. The number of para-hydroxylation sites is 3. The van der Waals surface area contributed by atoms with Gasteiger partial charge in [0.05, 0.1) is 18.1 Å². The lowest BCUT2D eigenvalue weighted by atomic mass is 10.1. The van der Waals surface area contributed by atoms with Gasteiger partial charge in [0.1, 0.15) is 12.4 Å². The second-order valence-electron chi connectivity index (χ2n) is 7.01. The van der Waals surface area contributed by atoms with Gasteiger partial charge in [-0.25, -0.2) is 4.98 Å². The fourth-order valence-electron chi connectivity index (χ4n) is 3.95. The first-order valence-corrected chi connectivity index (χ1v) is 9.52. The molecule has 0 aliphatic carbocycles. The van der Waals surface area contributed by atoms with E-state index in [1.165, 1.54) is 7.11 Å². The van der Waals surface area contributed by atoms with Crippen molar-refractivity contribution in [3.8, 4) is 0 Å². The van der Waals surface area contributed by atoms with Crippen LogP contribution in [0.5, 0.6) is 0 Å². The monoisotopic (exact) mass is 377 g/mol. The molecule has 1 aliphatic rings. The number of ether oxygens (including phenoxy) is 1. The minimum absolute atomic E-state index is 0.0746. The average Bonchev–Trinajstić information content (AvgIpc) is 3.28. The summed E-state index contributed by atoms with van der Waals surface area (Å²) in [6.07, 6.45) is 1.24. The Labute approximate surface area is 163 Å². The van der Waals surface area contributed by atoms with E-state index in [2.05, 4.69) is 13.0 Å². The quantitative estimate of drug-likeness (QED) is 0.640. The molecule has 144 valence electrons. The molecule has 0 radical (unpaired) electrons. The molecule has 1 saturated heterocycles. The lowest BCUT2D eigenvalue weighted by Gasteiger charge is -2.20. The van der Waals surface area contributed by atoms with Crippen LogP contribution in [0.3, 0.4) is 0 Å². The average molecular weight is 377 g/mol. The smallest absolute Gasteiger partial charge is 0.325 e. The van der Waals surface area contributed by atoms with E-state index >= 15 is 0 Å². The van der Waals surface area contributed by atoms with Gasteiger partial charge in [0.2, 0.25) is 5.91 Å². The van der Waals surface area contributed by atoms with Gasteiger partial charge in [0.25, 0.3) is 0 Å². The molecule has 2 heterocycles. The first kappa shape index (κ1) is 18.2. The van der Waals surface area contributed by atoms with Crippen LogP contribution in [0.2, 0.25) is 0 Å². The normalized spacial score (nSPS) is 16.7. The van der Waals surface area contributed by atoms with Gasteiger partial charge in [0.15, 0.2) is 0 Å². The van der Waals surface area contributed by atoms with Crippen molar-refractivity contribution in [2.45, 2.75) is 32.2 Å². The summed E-state index contributed by atoms with van der Waals surface area (Å²) in [5.41, 5.74) is 3.82. The fourth-order valence-corrected chi connectivity index (χ4v) is 3.95. The number of carbonyl (C=O) groups excluding carboxylic acids is 2. The molecule has 2 aromatic carbocycles. The van der Waals surface area contributed by atoms with E-state index in [1.807, 2.05) is 51.9 Å². The number of anilines is 1. The Morgan fingerprint density at radius 1 is 1.18 bits per heavy atom. The van der Waals surface area contributed by atoms with Gasteiger partial charge in [-0.15, -0.1) is 0 Å². The molecule has 0 saturated carbocycles. The zero-order valence-electron chi connectivity index (χ0n) is 16.1. The molecule has 4 rings (SSSR count). The van der Waals surface area contributed by atoms with Crippen molar-refractivity contribution in [3.63, 3.8) is 0 Å². The molecule has 28 heavy (non-hydrogen) atoms. The molecule has 0 N–H and O–H groups in total. The van der Waals surface area contributed by atoms with E-state index in [1.54, 1.807) is 0 Å².